The number of amides is 1. The summed E-state index contributed by atoms with van der Waals surface area (Å²) in [4.78, 5) is 20.6. The van der Waals surface area contributed by atoms with Crippen molar-refractivity contribution in [2.45, 2.75) is 6.92 Å². The summed E-state index contributed by atoms with van der Waals surface area (Å²) in [6.07, 6.45) is 1.68. The normalized spacial score (nSPS) is 16.6. The van der Waals surface area contributed by atoms with E-state index in [1.165, 1.54) is 0 Å². The molecule has 0 aliphatic carbocycles. The molecule has 1 fully saturated rings. The monoisotopic (exact) mass is 266 g/mol. The highest BCUT2D eigenvalue weighted by Gasteiger charge is 2.19. The summed E-state index contributed by atoms with van der Waals surface area (Å²) in [5.41, 5.74) is 1.45. The second kappa shape index (κ2) is 6.16. The first-order valence-electron chi connectivity index (χ1n) is 6.63. The Morgan fingerprint density at radius 1 is 1.47 bits per heavy atom. The fourth-order valence-electron chi connectivity index (χ4n) is 2.25. The van der Waals surface area contributed by atoms with Crippen LogP contribution in [0.15, 0.2) is 6.33 Å². The van der Waals surface area contributed by atoms with Crippen molar-refractivity contribution in [3.63, 3.8) is 0 Å². The van der Waals surface area contributed by atoms with Gasteiger partial charge >= 0.3 is 0 Å². The lowest BCUT2D eigenvalue weighted by Gasteiger charge is -2.28. The van der Waals surface area contributed by atoms with Gasteiger partial charge in [0.15, 0.2) is 0 Å². The average Bonchev–Trinajstić information content (AvgIpc) is 2.76. The van der Waals surface area contributed by atoms with Crippen molar-refractivity contribution in [2.75, 3.05) is 46.4 Å². The SMILES string of the molecule is Cc1ncn(C)c1C(=O)N(C)CCN1CCOCC1. The molecule has 1 aliphatic rings. The number of carbonyl (C=O) groups excluding carboxylic acids is 1. The second-order valence-electron chi connectivity index (χ2n) is 4.97. The topological polar surface area (TPSA) is 50.6 Å². The van der Waals surface area contributed by atoms with Crippen LogP contribution in [-0.2, 0) is 11.8 Å². The van der Waals surface area contributed by atoms with Crippen LogP contribution in [0.1, 0.15) is 16.2 Å². The standard InChI is InChI=1S/C13H22N4O2/c1-11-12(16(3)10-14-11)13(18)15(2)4-5-17-6-8-19-9-7-17/h10H,4-9H2,1-3H3. The first kappa shape index (κ1) is 14.0. The minimum Gasteiger partial charge on any atom is -0.379 e. The number of morpholine rings is 1. The lowest BCUT2D eigenvalue weighted by molar-refractivity contribution is 0.0337. The first-order valence-corrected chi connectivity index (χ1v) is 6.63. The second-order valence-corrected chi connectivity index (χ2v) is 4.97. The molecule has 1 aliphatic heterocycles. The van der Waals surface area contributed by atoms with Gasteiger partial charge in [-0.2, -0.15) is 0 Å². The molecule has 0 saturated carbocycles. The van der Waals surface area contributed by atoms with Gasteiger partial charge in [-0.15, -0.1) is 0 Å². The van der Waals surface area contributed by atoms with Crippen molar-refractivity contribution in [3.8, 4) is 0 Å². The number of aromatic nitrogens is 2. The molecule has 1 aromatic rings. The number of nitrogens with zero attached hydrogens (tertiary/aromatic N) is 4. The van der Waals surface area contributed by atoms with E-state index in [1.807, 2.05) is 21.0 Å². The van der Waals surface area contributed by atoms with Gasteiger partial charge in [-0.1, -0.05) is 0 Å². The van der Waals surface area contributed by atoms with Crippen LogP contribution in [0, 0.1) is 6.92 Å². The fraction of sp³-hybridized carbons (Fsp3) is 0.692. The summed E-state index contributed by atoms with van der Waals surface area (Å²) < 4.78 is 7.09. The van der Waals surface area contributed by atoms with Crippen LogP contribution >= 0.6 is 0 Å². The van der Waals surface area contributed by atoms with Crippen LogP contribution < -0.4 is 0 Å². The molecule has 0 N–H and O–H groups in total. The zero-order chi connectivity index (χ0) is 13.8. The highest BCUT2D eigenvalue weighted by molar-refractivity contribution is 5.93. The van der Waals surface area contributed by atoms with Crippen molar-refractivity contribution in [2.24, 2.45) is 7.05 Å². The third kappa shape index (κ3) is 3.33. The lowest BCUT2D eigenvalue weighted by atomic mass is 10.3. The van der Waals surface area contributed by atoms with E-state index in [4.69, 9.17) is 4.74 Å². The Hall–Kier alpha value is -1.40. The largest absolute Gasteiger partial charge is 0.379 e. The van der Waals surface area contributed by atoms with Gasteiger partial charge in [0.2, 0.25) is 0 Å². The molecule has 19 heavy (non-hydrogen) atoms. The predicted molar refractivity (Wildman–Crippen MR) is 72.2 cm³/mol. The average molecular weight is 266 g/mol. The number of imidazole rings is 1. The molecular formula is C13H22N4O2. The highest BCUT2D eigenvalue weighted by Crippen LogP contribution is 2.08. The minimum atomic E-state index is 0.0331. The van der Waals surface area contributed by atoms with Gasteiger partial charge in [-0.05, 0) is 6.92 Å². The molecule has 1 aromatic heterocycles. The van der Waals surface area contributed by atoms with E-state index < -0.39 is 0 Å². The molecule has 0 radical (unpaired) electrons. The smallest absolute Gasteiger partial charge is 0.272 e. The number of ether oxygens (including phenoxy) is 1. The molecule has 1 saturated heterocycles. The summed E-state index contributed by atoms with van der Waals surface area (Å²) in [6.45, 7) is 6.96. The Morgan fingerprint density at radius 3 is 2.74 bits per heavy atom. The Bertz CT molecular complexity index is 418. The molecular weight excluding hydrogens is 244 g/mol. The Kier molecular flexibility index (Phi) is 4.55. The predicted octanol–water partition coefficient (Wildman–Crippen LogP) is 0.133. The van der Waals surface area contributed by atoms with Crippen molar-refractivity contribution in [3.05, 3.63) is 17.7 Å². The molecule has 1 amide bonds. The van der Waals surface area contributed by atoms with Gasteiger partial charge in [0.05, 0.1) is 25.2 Å². The van der Waals surface area contributed by atoms with E-state index >= 15 is 0 Å². The molecule has 2 rings (SSSR count). The number of hydrogen-bond acceptors (Lipinski definition) is 4. The highest BCUT2D eigenvalue weighted by atomic mass is 16.5. The van der Waals surface area contributed by atoms with E-state index in [9.17, 15) is 4.79 Å². The minimum absolute atomic E-state index is 0.0331. The van der Waals surface area contributed by atoms with Crippen molar-refractivity contribution >= 4 is 5.91 Å². The van der Waals surface area contributed by atoms with Gasteiger partial charge in [0.1, 0.15) is 5.69 Å². The van der Waals surface area contributed by atoms with Crippen LogP contribution in [0.25, 0.3) is 0 Å². The quantitative estimate of drug-likeness (QED) is 0.777. The van der Waals surface area contributed by atoms with Crippen molar-refractivity contribution in [1.29, 1.82) is 0 Å². The maximum absolute atomic E-state index is 12.3. The van der Waals surface area contributed by atoms with Crippen LogP contribution in [0.4, 0.5) is 0 Å². The molecule has 0 unspecified atom stereocenters. The summed E-state index contributed by atoms with van der Waals surface area (Å²) >= 11 is 0. The number of aryl methyl sites for hydroxylation is 2. The van der Waals surface area contributed by atoms with E-state index in [0.717, 1.165) is 45.1 Å². The Labute approximate surface area is 114 Å². The van der Waals surface area contributed by atoms with Crippen molar-refractivity contribution in [1.82, 2.24) is 19.4 Å². The van der Waals surface area contributed by atoms with Gasteiger partial charge in [0.25, 0.3) is 5.91 Å². The Morgan fingerprint density at radius 2 is 2.16 bits per heavy atom. The molecule has 6 nitrogen and oxygen atoms in total. The molecule has 0 spiro atoms. The van der Waals surface area contributed by atoms with Crippen LogP contribution in [0.2, 0.25) is 0 Å². The Balaban J connectivity index is 1.89. The zero-order valence-electron chi connectivity index (χ0n) is 11.9. The molecule has 2 heterocycles. The summed E-state index contributed by atoms with van der Waals surface area (Å²) in [7, 11) is 3.69. The van der Waals surface area contributed by atoms with E-state index in [2.05, 4.69) is 9.88 Å². The van der Waals surface area contributed by atoms with Gasteiger partial charge in [-0.3, -0.25) is 9.69 Å². The number of rotatable bonds is 4. The van der Waals surface area contributed by atoms with Gasteiger partial charge in [-0.25, -0.2) is 4.98 Å². The maximum atomic E-state index is 12.3. The van der Waals surface area contributed by atoms with Crippen LogP contribution in [0.3, 0.4) is 0 Å². The summed E-state index contributed by atoms with van der Waals surface area (Å²) in [5, 5.41) is 0. The number of likely N-dealkylation sites (N-methyl/N-ethyl adjacent to an activating group) is 1. The first-order chi connectivity index (χ1) is 9.09. The molecule has 6 heteroatoms. The summed E-state index contributed by atoms with van der Waals surface area (Å²) in [5.74, 6) is 0.0331. The number of carbonyl (C=O) groups is 1. The summed E-state index contributed by atoms with van der Waals surface area (Å²) in [6, 6.07) is 0. The number of hydrogen-bond donors (Lipinski definition) is 0. The fourth-order valence-corrected chi connectivity index (χ4v) is 2.25. The van der Waals surface area contributed by atoms with E-state index in [1.54, 1.807) is 15.8 Å². The van der Waals surface area contributed by atoms with Crippen molar-refractivity contribution < 1.29 is 9.53 Å². The van der Waals surface area contributed by atoms with E-state index in [-0.39, 0.29) is 5.91 Å². The third-order valence-electron chi connectivity index (χ3n) is 3.52. The van der Waals surface area contributed by atoms with E-state index in [0.29, 0.717) is 5.69 Å². The maximum Gasteiger partial charge on any atom is 0.272 e. The van der Waals surface area contributed by atoms with Gasteiger partial charge in [0, 0.05) is 40.3 Å². The van der Waals surface area contributed by atoms with Gasteiger partial charge < -0.3 is 14.2 Å². The molecule has 106 valence electrons. The molecule has 0 atom stereocenters. The molecule has 0 aromatic carbocycles. The third-order valence-corrected chi connectivity index (χ3v) is 3.52. The van der Waals surface area contributed by atoms with Crippen LogP contribution in [-0.4, -0.2) is 71.7 Å². The molecule has 0 bridgehead atoms. The lowest BCUT2D eigenvalue weighted by Crippen LogP contribution is -2.42. The van der Waals surface area contributed by atoms with Crippen LogP contribution in [0.5, 0.6) is 0 Å². The zero-order valence-corrected chi connectivity index (χ0v) is 11.9.